The molecule has 0 bridgehead atoms. The molecule has 1 atom stereocenters. The van der Waals surface area contributed by atoms with Crippen molar-refractivity contribution in [2.45, 2.75) is 26.5 Å². The molecule has 28 heavy (non-hydrogen) atoms. The first kappa shape index (κ1) is 21.3. The number of hydrazine groups is 1. The number of hydrogen-bond acceptors (Lipinski definition) is 5. The average molecular weight is 404 g/mol. The van der Waals surface area contributed by atoms with Gasteiger partial charge >= 0.3 is 0 Å². The van der Waals surface area contributed by atoms with Crippen LogP contribution in [0.3, 0.4) is 0 Å². The number of nitrogens with one attached hydrogen (secondary N) is 3. The monoisotopic (exact) mass is 403 g/mol. The van der Waals surface area contributed by atoms with E-state index in [1.807, 2.05) is 31.2 Å². The zero-order valence-corrected chi connectivity index (χ0v) is 17.0. The van der Waals surface area contributed by atoms with Gasteiger partial charge in [-0.2, -0.15) is 0 Å². The molecule has 150 valence electrons. The topological polar surface area (TPSA) is 80.9 Å². The Bertz CT molecular complexity index is 766. The van der Waals surface area contributed by atoms with E-state index in [1.54, 1.807) is 38.3 Å². The molecule has 0 fully saturated rings. The molecule has 2 aromatic carbocycles. The van der Waals surface area contributed by atoms with Gasteiger partial charge in [-0.25, -0.2) is 0 Å². The third kappa shape index (κ3) is 6.96. The van der Waals surface area contributed by atoms with E-state index in [2.05, 4.69) is 16.2 Å². The first-order chi connectivity index (χ1) is 13.5. The molecule has 2 rings (SSSR count). The van der Waals surface area contributed by atoms with Crippen LogP contribution < -0.4 is 30.4 Å². The summed E-state index contributed by atoms with van der Waals surface area (Å²) in [4.78, 5) is 12.1. The highest BCUT2D eigenvalue weighted by Gasteiger charge is 2.14. The van der Waals surface area contributed by atoms with Crippen molar-refractivity contribution in [1.29, 1.82) is 0 Å². The summed E-state index contributed by atoms with van der Waals surface area (Å²) in [5, 5.41) is 3.31. The van der Waals surface area contributed by atoms with Crippen LogP contribution >= 0.6 is 12.2 Å². The maximum absolute atomic E-state index is 12.1. The Kier molecular flexibility index (Phi) is 8.36. The van der Waals surface area contributed by atoms with E-state index in [-0.39, 0.29) is 5.91 Å². The van der Waals surface area contributed by atoms with Crippen LogP contribution in [0.2, 0.25) is 0 Å². The van der Waals surface area contributed by atoms with E-state index >= 15 is 0 Å². The highest BCUT2D eigenvalue weighted by Crippen LogP contribution is 2.18. The first-order valence-corrected chi connectivity index (χ1v) is 9.28. The number of methoxy groups -OCH3 is 1. The second-order valence-electron chi connectivity index (χ2n) is 5.81. The van der Waals surface area contributed by atoms with E-state index in [0.717, 1.165) is 17.1 Å². The van der Waals surface area contributed by atoms with Gasteiger partial charge in [0.2, 0.25) is 0 Å². The van der Waals surface area contributed by atoms with Gasteiger partial charge in [-0.1, -0.05) is 12.1 Å². The van der Waals surface area contributed by atoms with Crippen molar-refractivity contribution in [1.82, 2.24) is 16.2 Å². The predicted octanol–water partition coefficient (Wildman–Crippen LogP) is 2.56. The molecule has 7 nitrogen and oxygen atoms in total. The van der Waals surface area contributed by atoms with Crippen LogP contribution in [0.1, 0.15) is 19.4 Å². The van der Waals surface area contributed by atoms with Crippen LogP contribution in [0.15, 0.2) is 48.5 Å². The second-order valence-corrected chi connectivity index (χ2v) is 6.22. The lowest BCUT2D eigenvalue weighted by Crippen LogP contribution is -2.50. The number of ether oxygens (including phenoxy) is 3. The van der Waals surface area contributed by atoms with Crippen molar-refractivity contribution < 1.29 is 19.0 Å². The Morgan fingerprint density at radius 3 is 2.21 bits per heavy atom. The van der Waals surface area contributed by atoms with Gasteiger partial charge in [-0.05, 0) is 68.0 Å². The van der Waals surface area contributed by atoms with E-state index in [4.69, 9.17) is 26.4 Å². The lowest BCUT2D eigenvalue weighted by molar-refractivity contribution is -0.127. The first-order valence-electron chi connectivity index (χ1n) is 8.88. The normalized spacial score (nSPS) is 11.1. The quantitative estimate of drug-likeness (QED) is 0.462. The van der Waals surface area contributed by atoms with Crippen LogP contribution in [0, 0.1) is 0 Å². The summed E-state index contributed by atoms with van der Waals surface area (Å²) in [6.07, 6.45) is -0.699. The zero-order valence-electron chi connectivity index (χ0n) is 16.2. The molecule has 0 radical (unpaired) electrons. The molecule has 0 aliphatic carbocycles. The maximum Gasteiger partial charge on any atom is 0.279 e. The van der Waals surface area contributed by atoms with Crippen LogP contribution in [-0.4, -0.2) is 30.8 Å². The molecule has 8 heteroatoms. The van der Waals surface area contributed by atoms with Gasteiger partial charge in [0.25, 0.3) is 5.91 Å². The molecule has 0 aromatic heterocycles. The SMILES string of the molecule is CCOc1ccc(O[C@H](C)C(=O)NNC(=S)NCc2ccc(OC)cc2)cc1. The summed E-state index contributed by atoms with van der Waals surface area (Å²) in [6.45, 7) is 4.68. The third-order valence-electron chi connectivity index (χ3n) is 3.73. The minimum atomic E-state index is -0.699. The van der Waals surface area contributed by atoms with Gasteiger partial charge in [-0.3, -0.25) is 15.6 Å². The van der Waals surface area contributed by atoms with Crippen molar-refractivity contribution in [3.05, 3.63) is 54.1 Å². The van der Waals surface area contributed by atoms with Gasteiger partial charge in [0.15, 0.2) is 11.2 Å². The van der Waals surface area contributed by atoms with Gasteiger partial charge < -0.3 is 19.5 Å². The van der Waals surface area contributed by atoms with Crippen LogP contribution in [-0.2, 0) is 11.3 Å². The van der Waals surface area contributed by atoms with Gasteiger partial charge in [0.1, 0.15) is 17.2 Å². The summed E-state index contributed by atoms with van der Waals surface area (Å²) in [5.74, 6) is 1.77. The second kappa shape index (κ2) is 11.0. The molecule has 0 spiro atoms. The van der Waals surface area contributed by atoms with Gasteiger partial charge in [0, 0.05) is 6.54 Å². The van der Waals surface area contributed by atoms with E-state index in [0.29, 0.717) is 24.0 Å². The molecular formula is C20H25N3O4S. The Balaban J connectivity index is 1.71. The fraction of sp³-hybridized carbons (Fsp3) is 0.300. The maximum atomic E-state index is 12.1. The molecule has 2 aromatic rings. The van der Waals surface area contributed by atoms with Crippen molar-refractivity contribution in [2.24, 2.45) is 0 Å². The standard InChI is InChI=1S/C20H25N3O4S/c1-4-26-17-9-11-18(12-10-17)27-14(2)19(24)22-23-20(28)21-13-15-5-7-16(25-3)8-6-15/h5-12,14H,4,13H2,1-3H3,(H,22,24)(H2,21,23,28)/t14-/m1/s1. The van der Waals surface area contributed by atoms with Crippen LogP contribution in [0.4, 0.5) is 0 Å². The molecule has 3 N–H and O–H groups in total. The third-order valence-corrected chi connectivity index (χ3v) is 3.97. The molecule has 1 amide bonds. The number of carbonyl (C=O) groups excluding carboxylic acids is 1. The number of amides is 1. The van der Waals surface area contributed by atoms with E-state index in [9.17, 15) is 4.79 Å². The van der Waals surface area contributed by atoms with E-state index < -0.39 is 6.10 Å². The number of rotatable bonds is 8. The highest BCUT2D eigenvalue weighted by molar-refractivity contribution is 7.80. The van der Waals surface area contributed by atoms with E-state index in [1.165, 1.54) is 0 Å². The summed E-state index contributed by atoms with van der Waals surface area (Å²) in [6, 6.07) is 14.7. The fourth-order valence-corrected chi connectivity index (χ4v) is 2.35. The molecule has 0 heterocycles. The average Bonchev–Trinajstić information content (AvgIpc) is 2.72. The fourth-order valence-electron chi connectivity index (χ4n) is 2.23. The predicted molar refractivity (Wildman–Crippen MR) is 111 cm³/mol. The Morgan fingerprint density at radius 2 is 1.61 bits per heavy atom. The molecular weight excluding hydrogens is 378 g/mol. The molecule has 0 unspecified atom stereocenters. The Morgan fingerprint density at radius 1 is 1.00 bits per heavy atom. The summed E-state index contributed by atoms with van der Waals surface area (Å²) >= 11 is 5.16. The van der Waals surface area contributed by atoms with Crippen LogP contribution in [0.5, 0.6) is 17.2 Å². The summed E-state index contributed by atoms with van der Waals surface area (Å²) in [7, 11) is 1.62. The lowest BCUT2D eigenvalue weighted by Gasteiger charge is -2.17. The van der Waals surface area contributed by atoms with Gasteiger partial charge in [0.05, 0.1) is 13.7 Å². The van der Waals surface area contributed by atoms with Crippen molar-refractivity contribution in [3.63, 3.8) is 0 Å². The van der Waals surface area contributed by atoms with Crippen molar-refractivity contribution in [2.75, 3.05) is 13.7 Å². The molecule has 0 aliphatic rings. The Labute approximate surface area is 170 Å². The van der Waals surface area contributed by atoms with Crippen LogP contribution in [0.25, 0.3) is 0 Å². The number of carbonyl (C=O) groups is 1. The highest BCUT2D eigenvalue weighted by atomic mass is 32.1. The minimum Gasteiger partial charge on any atom is -0.497 e. The lowest BCUT2D eigenvalue weighted by atomic mass is 10.2. The molecule has 0 saturated carbocycles. The number of thiocarbonyl (C=S) groups is 1. The number of benzene rings is 2. The summed E-state index contributed by atoms with van der Waals surface area (Å²) in [5.41, 5.74) is 6.22. The minimum absolute atomic E-state index is 0.303. The molecule has 0 saturated heterocycles. The Hall–Kier alpha value is -3.00. The zero-order chi connectivity index (χ0) is 20.4. The van der Waals surface area contributed by atoms with Gasteiger partial charge in [-0.15, -0.1) is 0 Å². The largest absolute Gasteiger partial charge is 0.497 e. The molecule has 0 aliphatic heterocycles. The van der Waals surface area contributed by atoms with Crippen molar-refractivity contribution in [3.8, 4) is 17.2 Å². The summed E-state index contributed by atoms with van der Waals surface area (Å²) < 4.78 is 16.1. The smallest absolute Gasteiger partial charge is 0.279 e. The number of hydrogen-bond donors (Lipinski definition) is 3. The van der Waals surface area contributed by atoms with Crippen molar-refractivity contribution >= 4 is 23.2 Å².